The highest BCUT2D eigenvalue weighted by Crippen LogP contribution is 2.39. The maximum atomic E-state index is 11.1. The maximum absolute atomic E-state index is 11.1. The fourth-order valence-electron chi connectivity index (χ4n) is 4.63. The number of carboxylic acid groups (broad SMARTS) is 1. The molecule has 1 aliphatic rings. The van der Waals surface area contributed by atoms with E-state index in [0.29, 0.717) is 5.82 Å². The highest BCUT2D eigenvalue weighted by atomic mass is 16.6. The van der Waals surface area contributed by atoms with Crippen molar-refractivity contribution in [1.29, 1.82) is 0 Å². The Morgan fingerprint density at radius 3 is 2.33 bits per heavy atom. The summed E-state index contributed by atoms with van der Waals surface area (Å²) in [4.78, 5) is 20.3. The monoisotopic (exact) mass is 487 g/mol. The molecular weight excluding hydrogens is 452 g/mol. The van der Waals surface area contributed by atoms with Crippen LogP contribution in [0.25, 0.3) is 22.5 Å². The van der Waals surface area contributed by atoms with Gasteiger partial charge >= 0.3 is 0 Å². The van der Waals surface area contributed by atoms with Crippen molar-refractivity contribution in [3.8, 4) is 28.3 Å². The van der Waals surface area contributed by atoms with E-state index in [-0.39, 0.29) is 12.0 Å². The van der Waals surface area contributed by atoms with E-state index in [0.717, 1.165) is 47.5 Å². The van der Waals surface area contributed by atoms with E-state index in [1.54, 1.807) is 0 Å². The van der Waals surface area contributed by atoms with Crippen LogP contribution in [-0.2, 0) is 9.53 Å². The number of benzene rings is 2. The number of rotatable bonds is 14. The number of hydrogen-bond donors (Lipinski definition) is 0. The molecule has 1 saturated heterocycles. The van der Waals surface area contributed by atoms with Crippen LogP contribution < -0.4 is 9.84 Å². The normalized spacial score (nSPS) is 17.5. The van der Waals surface area contributed by atoms with Crippen molar-refractivity contribution in [3.05, 3.63) is 66.5 Å². The van der Waals surface area contributed by atoms with Gasteiger partial charge in [0, 0.05) is 29.4 Å². The molecule has 3 unspecified atom stereocenters. The van der Waals surface area contributed by atoms with E-state index in [1.807, 2.05) is 67.8 Å². The molecule has 0 radical (unpaired) electrons. The molecule has 3 atom stereocenters. The van der Waals surface area contributed by atoms with Crippen LogP contribution in [0.5, 0.6) is 5.75 Å². The Kier molecular flexibility index (Phi) is 9.06. The molecule has 0 saturated carbocycles. The van der Waals surface area contributed by atoms with Crippen LogP contribution in [0.15, 0.2) is 60.9 Å². The fourth-order valence-corrected chi connectivity index (χ4v) is 4.63. The second kappa shape index (κ2) is 12.6. The Hall–Kier alpha value is -3.25. The van der Waals surface area contributed by atoms with Gasteiger partial charge in [0.2, 0.25) is 0 Å². The van der Waals surface area contributed by atoms with Crippen molar-refractivity contribution in [2.45, 2.75) is 76.9 Å². The van der Waals surface area contributed by atoms with Crippen LogP contribution >= 0.6 is 0 Å². The van der Waals surface area contributed by atoms with Gasteiger partial charge in [-0.15, -0.1) is 0 Å². The first-order chi connectivity index (χ1) is 17.6. The molecule has 1 aliphatic heterocycles. The SMILES string of the molecule is CCCCCCCCOc1ccc(-c2cnc(-c3cccc(C(CC)C4OC4C(=O)[O-])c3)nc2)cc1. The predicted molar refractivity (Wildman–Crippen MR) is 138 cm³/mol. The van der Waals surface area contributed by atoms with Crippen LogP contribution in [0.2, 0.25) is 0 Å². The van der Waals surface area contributed by atoms with Crippen LogP contribution in [0, 0.1) is 0 Å². The number of hydrogen-bond acceptors (Lipinski definition) is 6. The number of carbonyl (C=O) groups excluding carboxylic acids is 1. The zero-order chi connectivity index (χ0) is 25.3. The van der Waals surface area contributed by atoms with E-state index >= 15 is 0 Å². The Balaban J connectivity index is 1.34. The number of ether oxygens (including phenoxy) is 2. The molecule has 0 bridgehead atoms. The third-order valence-electron chi connectivity index (χ3n) is 6.77. The molecule has 3 aromatic rings. The first-order valence-electron chi connectivity index (χ1n) is 13.1. The summed E-state index contributed by atoms with van der Waals surface area (Å²) in [5, 5.41) is 11.1. The van der Waals surface area contributed by atoms with Crippen LogP contribution in [0.1, 0.15) is 70.3 Å². The minimum absolute atomic E-state index is 0.00563. The summed E-state index contributed by atoms with van der Waals surface area (Å²) in [6, 6.07) is 16.0. The van der Waals surface area contributed by atoms with Gasteiger partial charge in [0.05, 0.1) is 18.7 Å². The third-order valence-corrected chi connectivity index (χ3v) is 6.77. The van der Waals surface area contributed by atoms with Crippen LogP contribution in [0.4, 0.5) is 0 Å². The lowest BCUT2D eigenvalue weighted by molar-refractivity contribution is -0.307. The molecule has 0 N–H and O–H groups in total. The number of aliphatic carboxylic acids is 1. The lowest BCUT2D eigenvalue weighted by Gasteiger charge is -2.14. The van der Waals surface area contributed by atoms with Crippen molar-refractivity contribution in [3.63, 3.8) is 0 Å². The van der Waals surface area contributed by atoms with E-state index in [1.165, 1.54) is 32.1 Å². The van der Waals surface area contributed by atoms with Gasteiger partial charge in [0.25, 0.3) is 0 Å². The zero-order valence-corrected chi connectivity index (χ0v) is 21.2. The predicted octanol–water partition coefficient (Wildman–Crippen LogP) is 5.56. The molecule has 0 amide bonds. The summed E-state index contributed by atoms with van der Waals surface area (Å²) in [6.45, 7) is 5.02. The first kappa shape index (κ1) is 25.8. The highest BCUT2D eigenvalue weighted by Gasteiger charge is 2.45. The Morgan fingerprint density at radius 2 is 1.67 bits per heavy atom. The maximum Gasteiger partial charge on any atom is 0.159 e. The number of carbonyl (C=O) groups is 1. The molecule has 36 heavy (non-hydrogen) atoms. The number of aromatic nitrogens is 2. The Morgan fingerprint density at radius 1 is 0.944 bits per heavy atom. The Bertz CT molecular complexity index is 1110. The lowest BCUT2D eigenvalue weighted by atomic mass is 9.90. The van der Waals surface area contributed by atoms with Crippen molar-refractivity contribution in [2.24, 2.45) is 0 Å². The van der Waals surface area contributed by atoms with Crippen molar-refractivity contribution in [1.82, 2.24) is 9.97 Å². The average Bonchev–Trinajstić information content (AvgIpc) is 3.70. The van der Waals surface area contributed by atoms with Crippen LogP contribution in [-0.4, -0.2) is 34.8 Å². The minimum atomic E-state index is -1.15. The largest absolute Gasteiger partial charge is 0.547 e. The van der Waals surface area contributed by atoms with Gasteiger partial charge < -0.3 is 19.4 Å². The van der Waals surface area contributed by atoms with Crippen molar-refractivity contribution in [2.75, 3.05) is 6.61 Å². The Labute approximate surface area is 213 Å². The molecule has 0 spiro atoms. The van der Waals surface area contributed by atoms with Crippen molar-refractivity contribution >= 4 is 5.97 Å². The first-order valence-corrected chi connectivity index (χ1v) is 13.1. The molecule has 4 rings (SSSR count). The molecule has 1 aromatic heterocycles. The van der Waals surface area contributed by atoms with Gasteiger partial charge in [-0.2, -0.15) is 0 Å². The molecule has 2 heterocycles. The lowest BCUT2D eigenvalue weighted by Crippen LogP contribution is -2.30. The molecule has 6 nitrogen and oxygen atoms in total. The van der Waals surface area contributed by atoms with Gasteiger partial charge in [0.1, 0.15) is 11.9 Å². The van der Waals surface area contributed by atoms with Gasteiger partial charge in [0.15, 0.2) is 5.82 Å². The van der Waals surface area contributed by atoms with Gasteiger partial charge in [-0.05, 0) is 42.2 Å². The number of carboxylic acids is 1. The second-order valence-corrected chi connectivity index (χ2v) is 9.42. The minimum Gasteiger partial charge on any atom is -0.547 e. The smallest absolute Gasteiger partial charge is 0.159 e. The summed E-state index contributed by atoms with van der Waals surface area (Å²) in [5.41, 5.74) is 3.88. The summed E-state index contributed by atoms with van der Waals surface area (Å²) in [6.07, 6.45) is 10.8. The number of unbranched alkanes of at least 4 members (excludes halogenated alkanes) is 5. The van der Waals surface area contributed by atoms with E-state index in [9.17, 15) is 9.90 Å². The summed E-state index contributed by atoms with van der Waals surface area (Å²) in [7, 11) is 0. The van der Waals surface area contributed by atoms with Gasteiger partial charge in [-0.1, -0.05) is 76.3 Å². The summed E-state index contributed by atoms with van der Waals surface area (Å²) >= 11 is 0. The van der Waals surface area contributed by atoms with E-state index < -0.39 is 12.1 Å². The molecule has 190 valence electrons. The molecule has 2 aromatic carbocycles. The fraction of sp³-hybridized carbons (Fsp3) is 0.433. The molecule has 0 aliphatic carbocycles. The quantitative estimate of drug-likeness (QED) is 0.218. The average molecular weight is 488 g/mol. The summed E-state index contributed by atoms with van der Waals surface area (Å²) in [5.74, 6) is 0.357. The number of nitrogens with zero attached hydrogens (tertiary/aromatic N) is 2. The molecular formula is C30H35N2O4-. The van der Waals surface area contributed by atoms with Crippen LogP contribution in [0.3, 0.4) is 0 Å². The summed E-state index contributed by atoms with van der Waals surface area (Å²) < 4.78 is 11.2. The van der Waals surface area contributed by atoms with E-state index in [2.05, 4.69) is 16.9 Å². The third kappa shape index (κ3) is 6.70. The topological polar surface area (TPSA) is 87.7 Å². The molecule has 6 heteroatoms. The van der Waals surface area contributed by atoms with E-state index in [4.69, 9.17) is 9.47 Å². The van der Waals surface area contributed by atoms with Crippen molar-refractivity contribution < 1.29 is 19.4 Å². The zero-order valence-electron chi connectivity index (χ0n) is 21.2. The van der Waals surface area contributed by atoms with Gasteiger partial charge in [-0.3, -0.25) is 0 Å². The van der Waals surface area contributed by atoms with Gasteiger partial charge in [-0.25, -0.2) is 9.97 Å². The molecule has 1 fully saturated rings. The highest BCUT2D eigenvalue weighted by molar-refractivity contribution is 5.74. The second-order valence-electron chi connectivity index (χ2n) is 9.42. The number of epoxide rings is 1. The standard InChI is InChI=1S/C30H36N2O4/c1-3-5-6-7-8-9-17-35-25-15-13-21(14-16-25)24-19-31-29(32-20-24)23-12-10-11-22(18-23)26(4-2)27-28(36-27)30(33)34/h10-16,18-20,26-28H,3-9,17H2,1-2H3,(H,33,34)/p-1.